The summed E-state index contributed by atoms with van der Waals surface area (Å²) in [6.45, 7) is 1.58. The van der Waals surface area contributed by atoms with E-state index in [1.807, 2.05) is 6.07 Å². The highest BCUT2D eigenvalue weighted by Gasteiger charge is 2.05. The van der Waals surface area contributed by atoms with Crippen LogP contribution in [0.2, 0.25) is 0 Å². The first-order valence-corrected chi connectivity index (χ1v) is 6.43. The van der Waals surface area contributed by atoms with Crippen LogP contribution in [-0.2, 0) is 5.75 Å². The summed E-state index contributed by atoms with van der Waals surface area (Å²) >= 11 is 1.29. The highest BCUT2D eigenvalue weighted by molar-refractivity contribution is 7.98. The molecule has 19 heavy (non-hydrogen) atoms. The number of aromatic carboxylic acids is 1. The van der Waals surface area contributed by atoms with Gasteiger partial charge in [-0.3, -0.25) is 9.78 Å². The molecule has 0 aliphatic heterocycles. The van der Waals surface area contributed by atoms with Gasteiger partial charge in [0.2, 0.25) is 0 Å². The molecule has 98 valence electrons. The van der Waals surface area contributed by atoms with Crippen molar-refractivity contribution in [3.63, 3.8) is 0 Å². The lowest BCUT2D eigenvalue weighted by atomic mass is 10.1. The third kappa shape index (κ3) is 3.41. The molecule has 2 aromatic rings. The first-order valence-electron chi connectivity index (χ1n) is 5.45. The second kappa shape index (κ2) is 5.66. The zero-order valence-electron chi connectivity index (χ0n) is 10.1. The van der Waals surface area contributed by atoms with Crippen molar-refractivity contribution in [3.8, 4) is 0 Å². The monoisotopic (exact) mass is 277 g/mol. The van der Waals surface area contributed by atoms with Crippen molar-refractivity contribution >= 4 is 17.7 Å². The van der Waals surface area contributed by atoms with Crippen LogP contribution in [0.15, 0.2) is 34.2 Å². The van der Waals surface area contributed by atoms with E-state index in [4.69, 9.17) is 5.11 Å². The lowest BCUT2D eigenvalue weighted by molar-refractivity contribution is 0.0697. The average molecular weight is 277 g/mol. The average Bonchev–Trinajstić information content (AvgIpc) is 2.40. The van der Waals surface area contributed by atoms with Gasteiger partial charge in [0.05, 0.1) is 5.56 Å². The molecule has 0 fully saturated rings. The number of hydrogen-bond donors (Lipinski definition) is 2. The topological polar surface area (TPSA) is 95.9 Å². The van der Waals surface area contributed by atoms with Crippen LogP contribution in [0.25, 0.3) is 0 Å². The van der Waals surface area contributed by atoms with Gasteiger partial charge in [0, 0.05) is 5.75 Å². The normalized spacial score (nSPS) is 10.4. The third-order valence-electron chi connectivity index (χ3n) is 2.39. The Hall–Kier alpha value is -2.15. The van der Waals surface area contributed by atoms with Crippen molar-refractivity contribution in [1.29, 1.82) is 0 Å². The minimum Gasteiger partial charge on any atom is -0.478 e. The molecule has 1 heterocycles. The van der Waals surface area contributed by atoms with E-state index >= 15 is 0 Å². The Kier molecular flexibility index (Phi) is 3.96. The number of H-pyrrole nitrogens is 1. The quantitative estimate of drug-likeness (QED) is 0.821. The molecule has 0 radical (unpaired) electrons. The number of thioether (sulfide) groups is 1. The smallest absolute Gasteiger partial charge is 0.335 e. The first-order chi connectivity index (χ1) is 9.06. The molecule has 0 saturated carbocycles. The van der Waals surface area contributed by atoms with E-state index in [0.717, 1.165) is 5.56 Å². The minimum absolute atomic E-state index is 0.238. The van der Waals surface area contributed by atoms with Gasteiger partial charge in [-0.1, -0.05) is 23.9 Å². The number of benzene rings is 1. The van der Waals surface area contributed by atoms with Crippen LogP contribution in [0.5, 0.6) is 0 Å². The molecule has 0 aliphatic rings. The van der Waals surface area contributed by atoms with E-state index in [9.17, 15) is 9.59 Å². The predicted molar refractivity (Wildman–Crippen MR) is 70.4 cm³/mol. The maximum atomic E-state index is 11.3. The summed E-state index contributed by atoms with van der Waals surface area (Å²) in [7, 11) is 0. The Morgan fingerprint density at radius 1 is 1.42 bits per heavy atom. The third-order valence-corrected chi connectivity index (χ3v) is 3.32. The van der Waals surface area contributed by atoms with Gasteiger partial charge in [0.1, 0.15) is 5.69 Å². The molecule has 0 unspecified atom stereocenters. The fourth-order valence-electron chi connectivity index (χ4n) is 1.39. The van der Waals surface area contributed by atoms with E-state index in [1.54, 1.807) is 19.1 Å². The van der Waals surface area contributed by atoms with Crippen molar-refractivity contribution in [3.05, 3.63) is 51.4 Å². The van der Waals surface area contributed by atoms with Gasteiger partial charge in [-0.25, -0.2) is 4.79 Å². The fourth-order valence-corrected chi connectivity index (χ4v) is 2.14. The van der Waals surface area contributed by atoms with Gasteiger partial charge in [-0.2, -0.15) is 0 Å². The lowest BCUT2D eigenvalue weighted by Gasteiger charge is -2.02. The van der Waals surface area contributed by atoms with Crippen LogP contribution in [0.4, 0.5) is 0 Å². The van der Waals surface area contributed by atoms with Crippen molar-refractivity contribution in [2.45, 2.75) is 17.8 Å². The number of hydrogen-bond acceptors (Lipinski definition) is 5. The molecule has 0 atom stereocenters. The summed E-state index contributed by atoms with van der Waals surface area (Å²) in [4.78, 5) is 24.8. The molecule has 0 aliphatic carbocycles. The van der Waals surface area contributed by atoms with Crippen LogP contribution in [-0.4, -0.2) is 26.3 Å². The molecule has 1 aromatic heterocycles. The molecular weight excluding hydrogens is 266 g/mol. The molecule has 2 rings (SSSR count). The van der Waals surface area contributed by atoms with Crippen LogP contribution in [0, 0.1) is 6.92 Å². The Labute approximate surface area is 112 Å². The van der Waals surface area contributed by atoms with E-state index in [-0.39, 0.29) is 11.1 Å². The Morgan fingerprint density at radius 2 is 2.21 bits per heavy atom. The molecule has 6 nitrogen and oxygen atoms in total. The Morgan fingerprint density at radius 3 is 2.89 bits per heavy atom. The molecule has 0 saturated heterocycles. The first kappa shape index (κ1) is 13.3. The standard InChI is InChI=1S/C12H11N3O3S/c1-7-10(16)13-12(15-14-7)19-6-8-3-2-4-9(5-8)11(17)18/h2-5H,6H2,1H3,(H,17,18)(H,13,15,16). The second-order valence-electron chi connectivity index (χ2n) is 3.84. The number of nitrogens with zero attached hydrogens (tertiary/aromatic N) is 2. The molecule has 1 aromatic carbocycles. The zero-order valence-corrected chi connectivity index (χ0v) is 10.9. The van der Waals surface area contributed by atoms with Crippen LogP contribution < -0.4 is 5.56 Å². The highest BCUT2D eigenvalue weighted by atomic mass is 32.2. The zero-order chi connectivity index (χ0) is 13.8. The van der Waals surface area contributed by atoms with E-state index < -0.39 is 5.97 Å². The molecule has 2 N–H and O–H groups in total. The van der Waals surface area contributed by atoms with Gasteiger partial charge in [-0.15, -0.1) is 10.2 Å². The van der Waals surface area contributed by atoms with Crippen LogP contribution in [0.1, 0.15) is 21.6 Å². The van der Waals surface area contributed by atoms with E-state index in [1.165, 1.54) is 17.8 Å². The van der Waals surface area contributed by atoms with Gasteiger partial charge < -0.3 is 5.11 Å². The maximum Gasteiger partial charge on any atom is 0.335 e. The number of aromatic amines is 1. The van der Waals surface area contributed by atoms with Crippen molar-refractivity contribution in [2.24, 2.45) is 0 Å². The number of rotatable bonds is 4. The van der Waals surface area contributed by atoms with Crippen molar-refractivity contribution in [1.82, 2.24) is 15.2 Å². The number of aryl methyl sites for hydroxylation is 1. The summed E-state index contributed by atoms with van der Waals surface area (Å²) < 4.78 is 0. The van der Waals surface area contributed by atoms with Gasteiger partial charge in [0.15, 0.2) is 5.16 Å². The van der Waals surface area contributed by atoms with Gasteiger partial charge in [0.25, 0.3) is 5.56 Å². The highest BCUT2D eigenvalue weighted by Crippen LogP contribution is 2.18. The maximum absolute atomic E-state index is 11.3. The molecule has 0 amide bonds. The Balaban J connectivity index is 2.10. The predicted octanol–water partition coefficient (Wildman–Crippen LogP) is 1.46. The van der Waals surface area contributed by atoms with E-state index in [0.29, 0.717) is 16.6 Å². The SMILES string of the molecule is Cc1nnc(SCc2cccc(C(=O)O)c2)[nH]c1=O. The fraction of sp³-hybridized carbons (Fsp3) is 0.167. The largest absolute Gasteiger partial charge is 0.478 e. The number of carbonyl (C=O) groups is 1. The Bertz CT molecular complexity index is 669. The van der Waals surface area contributed by atoms with Crippen molar-refractivity contribution < 1.29 is 9.90 Å². The number of carboxylic acid groups (broad SMARTS) is 1. The molecule has 7 heteroatoms. The van der Waals surface area contributed by atoms with Crippen LogP contribution in [0.3, 0.4) is 0 Å². The minimum atomic E-state index is -0.963. The summed E-state index contributed by atoms with van der Waals surface area (Å²) in [6, 6.07) is 6.63. The number of aromatic nitrogens is 3. The summed E-state index contributed by atoms with van der Waals surface area (Å²) in [5, 5.41) is 16.9. The second-order valence-corrected chi connectivity index (χ2v) is 4.80. The van der Waals surface area contributed by atoms with Crippen LogP contribution >= 0.6 is 11.8 Å². The number of carboxylic acids is 1. The molecule has 0 spiro atoms. The summed E-state index contributed by atoms with van der Waals surface area (Å²) in [6.07, 6.45) is 0. The van der Waals surface area contributed by atoms with Gasteiger partial charge in [-0.05, 0) is 24.6 Å². The number of nitrogens with one attached hydrogen (secondary N) is 1. The summed E-state index contributed by atoms with van der Waals surface area (Å²) in [5.74, 6) is -0.454. The van der Waals surface area contributed by atoms with Crippen molar-refractivity contribution in [2.75, 3.05) is 0 Å². The van der Waals surface area contributed by atoms with E-state index in [2.05, 4.69) is 15.2 Å². The molecular formula is C12H11N3O3S. The lowest BCUT2D eigenvalue weighted by Crippen LogP contribution is -2.14. The van der Waals surface area contributed by atoms with Gasteiger partial charge >= 0.3 is 5.97 Å². The molecule has 0 bridgehead atoms. The summed E-state index contributed by atoms with van der Waals surface area (Å²) in [5.41, 5.74) is 1.13.